The van der Waals surface area contributed by atoms with Gasteiger partial charge in [-0.05, 0) is 25.1 Å². The molecule has 1 atom stereocenters. The number of fused-ring (bicyclic) bond motifs is 1. The van der Waals surface area contributed by atoms with Crippen molar-refractivity contribution < 1.29 is 4.79 Å². The highest BCUT2D eigenvalue weighted by molar-refractivity contribution is 6.01. The van der Waals surface area contributed by atoms with Crippen LogP contribution in [0.15, 0.2) is 47.3 Å². The lowest BCUT2D eigenvalue weighted by Crippen LogP contribution is -2.19. The molecule has 0 aliphatic heterocycles. The maximum absolute atomic E-state index is 12.5. The number of benzene rings is 1. The van der Waals surface area contributed by atoms with Crippen LogP contribution >= 0.6 is 0 Å². The minimum Gasteiger partial charge on any atom is -0.290 e. The second kappa shape index (κ2) is 5.81. The van der Waals surface area contributed by atoms with Gasteiger partial charge in [0.05, 0.1) is 17.3 Å². The Morgan fingerprint density at radius 3 is 2.78 bits per heavy atom. The van der Waals surface area contributed by atoms with Crippen LogP contribution in [0.25, 0.3) is 10.9 Å². The van der Waals surface area contributed by atoms with E-state index < -0.39 is 11.7 Å². The number of nitrogens with one attached hydrogen (secondary N) is 1. The summed E-state index contributed by atoms with van der Waals surface area (Å²) in [5.74, 6) is -1.56. The van der Waals surface area contributed by atoms with Crippen LogP contribution in [-0.4, -0.2) is 21.0 Å². The monoisotopic (exact) mass is 304 g/mol. The molecule has 0 fully saturated rings. The summed E-state index contributed by atoms with van der Waals surface area (Å²) in [5, 5.41) is 16.3. The quantitative estimate of drug-likeness (QED) is 0.747. The third kappa shape index (κ3) is 2.72. The van der Waals surface area contributed by atoms with Crippen molar-refractivity contribution in [1.82, 2.24) is 15.2 Å². The van der Waals surface area contributed by atoms with Gasteiger partial charge in [-0.25, -0.2) is 5.10 Å². The van der Waals surface area contributed by atoms with Crippen LogP contribution in [0.2, 0.25) is 0 Å². The molecule has 3 aromatic rings. The van der Waals surface area contributed by atoms with Gasteiger partial charge in [-0.3, -0.25) is 14.6 Å². The zero-order valence-corrected chi connectivity index (χ0v) is 12.3. The van der Waals surface area contributed by atoms with Crippen LogP contribution in [0.1, 0.15) is 27.7 Å². The van der Waals surface area contributed by atoms with E-state index in [1.807, 2.05) is 36.4 Å². The summed E-state index contributed by atoms with van der Waals surface area (Å²) in [6.45, 7) is 1.58. The Morgan fingerprint density at radius 1 is 1.26 bits per heavy atom. The Morgan fingerprint density at radius 2 is 2.04 bits per heavy atom. The number of ketones is 1. The van der Waals surface area contributed by atoms with E-state index in [0.717, 1.165) is 5.39 Å². The highest BCUT2D eigenvalue weighted by Crippen LogP contribution is 2.21. The topological polar surface area (TPSA) is 99.5 Å². The number of pyridine rings is 1. The smallest absolute Gasteiger partial charge is 0.267 e. The summed E-state index contributed by atoms with van der Waals surface area (Å²) in [6.07, 6.45) is 0. The number of hydrogen-bond acceptors (Lipinski definition) is 5. The maximum atomic E-state index is 12.5. The molecule has 6 heteroatoms. The molecule has 23 heavy (non-hydrogen) atoms. The van der Waals surface area contributed by atoms with Crippen molar-refractivity contribution in [3.63, 3.8) is 0 Å². The number of hydrogen-bond donors (Lipinski definition) is 1. The number of aromatic nitrogens is 3. The SMILES string of the molecule is Cc1cc(C(=O)C(C#N)c2ccc3ccccc3n2)n[nH]c1=O. The third-order valence-electron chi connectivity index (χ3n) is 3.55. The van der Waals surface area contributed by atoms with Crippen LogP contribution in [0.5, 0.6) is 0 Å². The third-order valence-corrected chi connectivity index (χ3v) is 3.55. The summed E-state index contributed by atoms with van der Waals surface area (Å²) in [6, 6.07) is 14.3. The highest BCUT2D eigenvalue weighted by Gasteiger charge is 2.25. The molecular weight excluding hydrogens is 292 g/mol. The average molecular weight is 304 g/mol. The predicted octanol–water partition coefficient (Wildman–Crippen LogP) is 2.12. The molecule has 1 aromatic carbocycles. The Bertz CT molecular complexity index is 1000. The molecule has 0 aliphatic rings. The van der Waals surface area contributed by atoms with Crippen molar-refractivity contribution in [1.29, 1.82) is 5.26 Å². The number of aromatic amines is 1. The summed E-state index contributed by atoms with van der Waals surface area (Å²) in [4.78, 5) is 28.3. The molecule has 2 aromatic heterocycles. The van der Waals surface area contributed by atoms with Crippen molar-refractivity contribution in [2.24, 2.45) is 0 Å². The number of aryl methyl sites for hydroxylation is 1. The lowest BCUT2D eigenvalue weighted by Gasteiger charge is -2.08. The molecule has 0 spiro atoms. The molecule has 1 N–H and O–H groups in total. The van der Waals surface area contributed by atoms with Crippen molar-refractivity contribution in [3.8, 4) is 6.07 Å². The zero-order valence-electron chi connectivity index (χ0n) is 12.3. The van der Waals surface area contributed by atoms with E-state index in [-0.39, 0.29) is 11.3 Å². The molecule has 3 rings (SSSR count). The molecule has 112 valence electrons. The first kappa shape index (κ1) is 14.6. The number of nitrogens with zero attached hydrogens (tertiary/aromatic N) is 3. The first-order valence-corrected chi connectivity index (χ1v) is 6.96. The summed E-state index contributed by atoms with van der Waals surface area (Å²) in [7, 11) is 0. The number of H-pyrrole nitrogens is 1. The molecule has 2 heterocycles. The number of Topliss-reactive ketones (excluding diaryl/α,β-unsaturated/α-hetero) is 1. The van der Waals surface area contributed by atoms with Gasteiger partial charge in [0.25, 0.3) is 5.56 Å². The standard InChI is InChI=1S/C17H12N4O2/c1-10-8-15(20-21-17(10)23)16(22)12(9-18)14-7-6-11-4-2-3-5-13(11)19-14/h2-8,12H,1H3,(H,21,23). The number of carbonyl (C=O) groups excluding carboxylic acids is 1. The second-order valence-electron chi connectivity index (χ2n) is 5.12. The maximum Gasteiger partial charge on any atom is 0.267 e. The fraction of sp³-hybridized carbons (Fsp3) is 0.118. The molecule has 0 amide bonds. The molecule has 0 saturated heterocycles. The van der Waals surface area contributed by atoms with Gasteiger partial charge >= 0.3 is 0 Å². The van der Waals surface area contributed by atoms with Gasteiger partial charge in [-0.15, -0.1) is 0 Å². The second-order valence-corrected chi connectivity index (χ2v) is 5.12. The Balaban J connectivity index is 2.03. The van der Waals surface area contributed by atoms with E-state index in [9.17, 15) is 14.9 Å². The van der Waals surface area contributed by atoms with Gasteiger partial charge in [0, 0.05) is 10.9 Å². The first-order valence-electron chi connectivity index (χ1n) is 6.96. The Kier molecular flexibility index (Phi) is 3.69. The summed E-state index contributed by atoms with van der Waals surface area (Å²) >= 11 is 0. The van der Waals surface area contributed by atoms with Crippen molar-refractivity contribution in [2.75, 3.05) is 0 Å². The predicted molar refractivity (Wildman–Crippen MR) is 84.0 cm³/mol. The normalized spacial score (nSPS) is 11.8. The van der Waals surface area contributed by atoms with Crippen LogP contribution in [0, 0.1) is 18.3 Å². The lowest BCUT2D eigenvalue weighted by atomic mass is 9.97. The van der Waals surface area contributed by atoms with E-state index in [4.69, 9.17) is 0 Å². The minimum absolute atomic E-state index is 0.0450. The van der Waals surface area contributed by atoms with Gasteiger partial charge in [0.1, 0.15) is 5.69 Å². The van der Waals surface area contributed by atoms with Crippen LogP contribution in [0.4, 0.5) is 0 Å². The molecular formula is C17H12N4O2. The van der Waals surface area contributed by atoms with Gasteiger partial charge in [-0.2, -0.15) is 10.4 Å². The summed E-state index contributed by atoms with van der Waals surface area (Å²) in [5.41, 5.74) is 1.12. The van der Waals surface area contributed by atoms with Gasteiger partial charge in [0.2, 0.25) is 5.78 Å². The van der Waals surface area contributed by atoms with Crippen LogP contribution in [0.3, 0.4) is 0 Å². The molecule has 6 nitrogen and oxygen atoms in total. The number of rotatable bonds is 3. The van der Waals surface area contributed by atoms with Gasteiger partial charge in [0.15, 0.2) is 5.92 Å². The highest BCUT2D eigenvalue weighted by atomic mass is 16.1. The Hall–Kier alpha value is -3.33. The fourth-order valence-corrected chi connectivity index (χ4v) is 2.28. The molecule has 0 bridgehead atoms. The molecule has 1 unspecified atom stereocenters. The molecule has 0 aliphatic carbocycles. The van der Waals surface area contributed by atoms with E-state index in [1.165, 1.54) is 6.07 Å². The van der Waals surface area contributed by atoms with Crippen molar-refractivity contribution in [3.05, 3.63) is 69.8 Å². The van der Waals surface area contributed by atoms with E-state index >= 15 is 0 Å². The van der Waals surface area contributed by atoms with Crippen LogP contribution in [-0.2, 0) is 0 Å². The van der Waals surface area contributed by atoms with Crippen molar-refractivity contribution in [2.45, 2.75) is 12.8 Å². The number of para-hydroxylation sites is 1. The average Bonchev–Trinajstić information content (AvgIpc) is 2.57. The minimum atomic E-state index is -1.07. The van der Waals surface area contributed by atoms with E-state index in [2.05, 4.69) is 15.2 Å². The lowest BCUT2D eigenvalue weighted by molar-refractivity contribution is 0.0971. The fourth-order valence-electron chi connectivity index (χ4n) is 2.28. The molecule has 0 radical (unpaired) electrons. The Labute approximate surface area is 131 Å². The summed E-state index contributed by atoms with van der Waals surface area (Å²) < 4.78 is 0. The largest absolute Gasteiger partial charge is 0.290 e. The molecule has 0 saturated carbocycles. The van der Waals surface area contributed by atoms with E-state index in [0.29, 0.717) is 16.8 Å². The first-order chi connectivity index (χ1) is 11.1. The zero-order chi connectivity index (χ0) is 16.4. The van der Waals surface area contributed by atoms with Gasteiger partial charge in [-0.1, -0.05) is 24.3 Å². The number of carbonyl (C=O) groups is 1. The number of nitriles is 1. The van der Waals surface area contributed by atoms with Crippen molar-refractivity contribution >= 4 is 16.7 Å². The van der Waals surface area contributed by atoms with Gasteiger partial charge < -0.3 is 0 Å². The van der Waals surface area contributed by atoms with Crippen LogP contribution < -0.4 is 5.56 Å². The van der Waals surface area contributed by atoms with E-state index in [1.54, 1.807) is 13.0 Å².